The summed E-state index contributed by atoms with van der Waals surface area (Å²) < 4.78 is 36.2. The first kappa shape index (κ1) is 54.8. The number of methoxy groups -OCH3 is 2. The van der Waals surface area contributed by atoms with E-state index in [1.165, 1.54) is 14.2 Å². The third kappa shape index (κ3) is 14.2. The van der Waals surface area contributed by atoms with Gasteiger partial charge in [-0.15, -0.1) is 0 Å². The van der Waals surface area contributed by atoms with Crippen LogP contribution >= 0.6 is 23.2 Å². The number of hydrogen-bond acceptors (Lipinski definition) is 14. The van der Waals surface area contributed by atoms with Crippen LogP contribution in [0.2, 0.25) is 10.0 Å². The van der Waals surface area contributed by atoms with Crippen molar-refractivity contribution >= 4 is 47.6 Å². The predicted octanol–water partition coefficient (Wildman–Crippen LogP) is 9.71. The highest BCUT2D eigenvalue weighted by molar-refractivity contribution is 6.32. The van der Waals surface area contributed by atoms with Crippen LogP contribution in [0.15, 0.2) is 108 Å². The first-order chi connectivity index (χ1) is 35.7. The van der Waals surface area contributed by atoms with Gasteiger partial charge >= 0.3 is 11.9 Å². The molecule has 0 saturated heterocycles. The van der Waals surface area contributed by atoms with Crippen molar-refractivity contribution in [1.29, 1.82) is 0 Å². The summed E-state index contributed by atoms with van der Waals surface area (Å²) in [7, 11) is 4.61. The molecule has 6 aromatic rings. The Hall–Kier alpha value is -6.92. The lowest BCUT2D eigenvalue weighted by Crippen LogP contribution is -2.45. The van der Waals surface area contributed by atoms with Crippen LogP contribution in [-0.2, 0) is 58.6 Å². The number of ether oxygens (including phenoxy) is 6. The SMILES string of the molecule is CN=Cc1cncc(COc2cc(OCc3cccc(-c4cccc(COc5cc(OCc6cncc(C7C=N7)c6)c(CN[C@H](C(=O)O)[C@@H](C)OC)cc5Cl)c4C)c3C)c(Cl)cc2CN[C@H](C(=O)O)[C@@H](C)OC)c1. The number of halogens is 2. The van der Waals surface area contributed by atoms with Gasteiger partial charge in [0.1, 0.15) is 67.6 Å². The average Bonchev–Trinajstić information content (AvgIpc) is 4.25. The van der Waals surface area contributed by atoms with Crippen LogP contribution in [0.25, 0.3) is 11.1 Å². The van der Waals surface area contributed by atoms with E-state index < -0.39 is 36.2 Å². The lowest BCUT2D eigenvalue weighted by Gasteiger charge is -2.22. The number of aliphatic carboxylic acids is 2. The van der Waals surface area contributed by atoms with Gasteiger partial charge in [0, 0.05) is 117 Å². The zero-order valence-corrected chi connectivity index (χ0v) is 43.7. The number of aliphatic imine (C=N–C) groups is 2. The quantitative estimate of drug-likeness (QED) is 0.0355. The minimum atomic E-state index is -1.05. The molecule has 0 fully saturated rings. The topological polar surface area (TPSA) is 205 Å². The van der Waals surface area contributed by atoms with Gasteiger partial charge in [0.05, 0.1) is 22.3 Å². The lowest BCUT2D eigenvalue weighted by molar-refractivity contribution is -0.144. The molecule has 1 unspecified atom stereocenters. The standard InChI is InChI=1S/C56H60Cl2N6O10/c1-32-39(30-73-51-18-49(71-28-37-14-36(20-59-5)21-60-22-37)42(16-46(51)57)25-63-53(55(65)66)34(3)69-6)10-8-12-44(32)45-13-9-11-40(33(45)2)31-74-52-19-50(72-29-38-15-41(24-61-23-38)48-27-62-48)43(17-47(52)58)26-64-54(56(67)68)35(4)70-7/h8-24,27,34-35,48,53-54,63-64H,25-26,28-31H2,1-7H3,(H,65,66)(H,67,68)/t34-,35-,48?,53+,54+/m1/s1. The highest BCUT2D eigenvalue weighted by Crippen LogP contribution is 2.38. The molecule has 5 atom stereocenters. The molecule has 1 aliphatic heterocycles. The van der Waals surface area contributed by atoms with E-state index in [2.05, 4.69) is 42.7 Å². The summed E-state index contributed by atoms with van der Waals surface area (Å²) in [6, 6.07) is 21.0. The van der Waals surface area contributed by atoms with Crippen molar-refractivity contribution in [2.45, 2.75) is 97.5 Å². The number of carboxylic acids is 2. The molecule has 3 heterocycles. The number of rotatable bonds is 27. The Kier molecular flexibility index (Phi) is 19.1. The van der Waals surface area contributed by atoms with Gasteiger partial charge in [-0.2, -0.15) is 0 Å². The van der Waals surface area contributed by atoms with E-state index in [9.17, 15) is 19.8 Å². The molecule has 0 radical (unpaired) electrons. The Bertz CT molecular complexity index is 3000. The van der Waals surface area contributed by atoms with Crippen LogP contribution in [0.5, 0.6) is 23.0 Å². The number of nitrogens with one attached hydrogen (secondary N) is 2. The van der Waals surface area contributed by atoms with Crippen molar-refractivity contribution in [3.63, 3.8) is 0 Å². The van der Waals surface area contributed by atoms with Crippen molar-refractivity contribution in [2.24, 2.45) is 9.98 Å². The van der Waals surface area contributed by atoms with Crippen LogP contribution in [0.4, 0.5) is 0 Å². The van der Waals surface area contributed by atoms with Crippen molar-refractivity contribution in [1.82, 2.24) is 20.6 Å². The van der Waals surface area contributed by atoms with Crippen LogP contribution in [0.3, 0.4) is 0 Å². The summed E-state index contributed by atoms with van der Waals surface area (Å²) in [6.45, 7) is 8.42. The summed E-state index contributed by atoms with van der Waals surface area (Å²) in [5.74, 6) is -0.428. The van der Waals surface area contributed by atoms with Gasteiger partial charge in [-0.25, -0.2) is 0 Å². The van der Waals surface area contributed by atoms with Crippen LogP contribution in [0, 0.1) is 13.8 Å². The molecular weight excluding hydrogens is 988 g/mol. The van der Waals surface area contributed by atoms with Gasteiger partial charge in [0.25, 0.3) is 0 Å². The fraction of sp³-hybridized carbons (Fsp3) is 0.321. The molecule has 0 spiro atoms. The number of nitrogens with zero attached hydrogens (tertiary/aromatic N) is 4. The molecule has 2 aromatic heterocycles. The zero-order chi connectivity index (χ0) is 52.9. The summed E-state index contributed by atoms with van der Waals surface area (Å²) in [5, 5.41) is 26.6. The Morgan fingerprint density at radius 1 is 0.649 bits per heavy atom. The molecule has 4 aromatic carbocycles. The third-order valence-electron chi connectivity index (χ3n) is 12.8. The van der Waals surface area contributed by atoms with E-state index in [1.54, 1.807) is 76.2 Å². The first-order valence-electron chi connectivity index (χ1n) is 23.8. The number of carbonyl (C=O) groups is 2. The Labute approximate surface area is 440 Å². The second-order valence-electron chi connectivity index (χ2n) is 17.8. The maximum absolute atomic E-state index is 12.1. The summed E-state index contributed by atoms with van der Waals surface area (Å²) in [4.78, 5) is 41.2. The van der Waals surface area contributed by atoms with Crippen molar-refractivity contribution in [3.05, 3.63) is 163 Å². The molecule has 1 aliphatic rings. The van der Waals surface area contributed by atoms with Gasteiger partial charge in [-0.3, -0.25) is 40.2 Å². The van der Waals surface area contributed by atoms with E-state index in [0.29, 0.717) is 44.2 Å². The third-order valence-corrected chi connectivity index (χ3v) is 13.3. The monoisotopic (exact) mass is 1050 g/mol. The van der Waals surface area contributed by atoms with Gasteiger partial charge in [0.2, 0.25) is 0 Å². The average molecular weight is 1050 g/mol. The van der Waals surface area contributed by atoms with Gasteiger partial charge in [-0.1, -0.05) is 59.6 Å². The number of pyridine rings is 2. The molecule has 74 heavy (non-hydrogen) atoms. The summed E-state index contributed by atoms with van der Waals surface area (Å²) in [6.07, 6.45) is 9.26. The molecule has 4 N–H and O–H groups in total. The maximum Gasteiger partial charge on any atom is 0.323 e. The molecular formula is C56H60Cl2N6O10. The Morgan fingerprint density at radius 3 is 1.55 bits per heavy atom. The molecule has 0 amide bonds. The largest absolute Gasteiger partial charge is 0.488 e. The molecule has 388 valence electrons. The molecule has 16 nitrogen and oxygen atoms in total. The van der Waals surface area contributed by atoms with E-state index in [0.717, 1.165) is 55.6 Å². The Balaban J connectivity index is 1.09. The summed E-state index contributed by atoms with van der Waals surface area (Å²) in [5.41, 5.74) is 10.6. The molecule has 0 aliphatic carbocycles. The highest BCUT2D eigenvalue weighted by atomic mass is 35.5. The van der Waals surface area contributed by atoms with Crippen LogP contribution < -0.4 is 29.6 Å². The molecule has 7 rings (SSSR count). The van der Waals surface area contributed by atoms with Crippen LogP contribution in [0.1, 0.15) is 75.5 Å². The van der Waals surface area contributed by atoms with E-state index in [1.807, 2.05) is 56.5 Å². The van der Waals surface area contributed by atoms with Crippen molar-refractivity contribution < 1.29 is 48.2 Å². The molecule has 18 heteroatoms. The van der Waals surface area contributed by atoms with Crippen molar-refractivity contribution in [2.75, 3.05) is 21.3 Å². The highest BCUT2D eigenvalue weighted by Gasteiger charge is 2.27. The number of hydrogen-bond donors (Lipinski definition) is 4. The first-order valence-corrected chi connectivity index (χ1v) is 24.6. The smallest absolute Gasteiger partial charge is 0.323 e. The zero-order valence-electron chi connectivity index (χ0n) is 42.2. The van der Waals surface area contributed by atoms with E-state index in [4.69, 9.17) is 51.6 Å². The van der Waals surface area contributed by atoms with E-state index in [-0.39, 0.29) is 45.6 Å². The number of aromatic nitrogens is 2. The molecule has 0 saturated carbocycles. The fourth-order valence-electron chi connectivity index (χ4n) is 8.20. The minimum Gasteiger partial charge on any atom is -0.488 e. The normalized spacial score (nSPS) is 14.6. The fourth-order valence-corrected chi connectivity index (χ4v) is 8.69. The second-order valence-corrected chi connectivity index (χ2v) is 18.6. The van der Waals surface area contributed by atoms with Crippen molar-refractivity contribution in [3.8, 4) is 34.1 Å². The van der Waals surface area contributed by atoms with Crippen LogP contribution in [-0.4, -0.2) is 90.1 Å². The predicted molar refractivity (Wildman–Crippen MR) is 284 cm³/mol. The number of benzene rings is 4. The minimum absolute atomic E-state index is 0.0333. The second kappa shape index (κ2) is 25.8. The summed E-state index contributed by atoms with van der Waals surface area (Å²) >= 11 is 13.8. The van der Waals surface area contributed by atoms with Gasteiger partial charge in [0.15, 0.2) is 0 Å². The number of carboxylic acid groups (broad SMARTS) is 2. The van der Waals surface area contributed by atoms with E-state index >= 15 is 0 Å². The lowest BCUT2D eigenvalue weighted by atomic mass is 9.92. The Morgan fingerprint density at radius 2 is 1.11 bits per heavy atom. The molecule has 0 bridgehead atoms. The maximum atomic E-state index is 12.1. The van der Waals surface area contributed by atoms with Gasteiger partial charge in [-0.05, 0) is 85.3 Å². The van der Waals surface area contributed by atoms with Gasteiger partial charge < -0.3 is 38.6 Å².